The van der Waals surface area contributed by atoms with Gasteiger partial charge < -0.3 is 0 Å². The van der Waals surface area contributed by atoms with Crippen molar-refractivity contribution in [2.24, 2.45) is 0 Å². The first-order chi connectivity index (χ1) is 8.69. The van der Waals surface area contributed by atoms with Gasteiger partial charge in [-0.25, -0.2) is 0 Å². The van der Waals surface area contributed by atoms with E-state index >= 15 is 0 Å². The van der Waals surface area contributed by atoms with Gasteiger partial charge in [0, 0.05) is 0 Å². The molecule has 0 aliphatic carbocycles. The molecule has 0 bridgehead atoms. The van der Waals surface area contributed by atoms with Gasteiger partial charge in [-0.05, 0) is 39.5 Å². The Morgan fingerprint density at radius 2 is 1.06 bits per heavy atom. The van der Waals surface area contributed by atoms with Crippen LogP contribution in [0, 0.1) is 13.8 Å². The Labute approximate surface area is 112 Å². The van der Waals surface area contributed by atoms with Crippen LogP contribution < -0.4 is 0 Å². The minimum Gasteiger partial charge on any atom is -0.254 e. The molecule has 0 aromatic carbocycles. The second kappa shape index (κ2) is 8.23. The molecule has 0 unspecified atom stereocenters. The SMILES string of the molecule is CCCCCc1nc(C)c(CCCCC)nc1C. The molecule has 0 aliphatic rings. The van der Waals surface area contributed by atoms with E-state index in [1.807, 2.05) is 0 Å². The second-order valence-electron chi connectivity index (χ2n) is 5.20. The van der Waals surface area contributed by atoms with Crippen molar-refractivity contribution in [2.75, 3.05) is 0 Å². The fourth-order valence-electron chi connectivity index (χ4n) is 2.25. The largest absolute Gasteiger partial charge is 0.254 e. The molecule has 0 fully saturated rings. The number of unbranched alkanes of at least 4 members (excludes halogenated alkanes) is 4. The number of aromatic nitrogens is 2. The van der Waals surface area contributed by atoms with E-state index in [0.717, 1.165) is 24.2 Å². The molecule has 0 saturated carbocycles. The van der Waals surface area contributed by atoms with Crippen LogP contribution >= 0.6 is 0 Å². The molecule has 0 amide bonds. The summed E-state index contributed by atoms with van der Waals surface area (Å²) >= 11 is 0. The van der Waals surface area contributed by atoms with Crippen LogP contribution in [0.25, 0.3) is 0 Å². The molecule has 102 valence electrons. The minimum absolute atomic E-state index is 1.09. The van der Waals surface area contributed by atoms with Gasteiger partial charge in [-0.15, -0.1) is 0 Å². The summed E-state index contributed by atoms with van der Waals surface area (Å²) in [6.45, 7) is 8.69. The van der Waals surface area contributed by atoms with Crippen molar-refractivity contribution < 1.29 is 0 Å². The Hall–Kier alpha value is -0.920. The van der Waals surface area contributed by atoms with E-state index in [4.69, 9.17) is 9.97 Å². The van der Waals surface area contributed by atoms with Crippen molar-refractivity contribution in [1.29, 1.82) is 0 Å². The summed E-state index contributed by atoms with van der Waals surface area (Å²) < 4.78 is 0. The first-order valence-corrected chi connectivity index (χ1v) is 7.52. The van der Waals surface area contributed by atoms with E-state index in [0.29, 0.717) is 0 Å². The molecular weight excluding hydrogens is 220 g/mol. The smallest absolute Gasteiger partial charge is 0.0619 e. The van der Waals surface area contributed by atoms with Crippen molar-refractivity contribution in [3.05, 3.63) is 22.8 Å². The van der Waals surface area contributed by atoms with Gasteiger partial charge in [-0.2, -0.15) is 0 Å². The second-order valence-corrected chi connectivity index (χ2v) is 5.20. The maximum absolute atomic E-state index is 4.76. The number of rotatable bonds is 8. The van der Waals surface area contributed by atoms with E-state index in [1.54, 1.807) is 0 Å². The molecule has 1 aromatic rings. The first kappa shape index (κ1) is 15.1. The summed E-state index contributed by atoms with van der Waals surface area (Å²) in [6, 6.07) is 0. The highest BCUT2D eigenvalue weighted by Crippen LogP contribution is 2.13. The third kappa shape index (κ3) is 4.75. The van der Waals surface area contributed by atoms with Crippen molar-refractivity contribution in [3.63, 3.8) is 0 Å². The molecule has 18 heavy (non-hydrogen) atoms. The lowest BCUT2D eigenvalue weighted by Crippen LogP contribution is -2.05. The van der Waals surface area contributed by atoms with E-state index in [9.17, 15) is 0 Å². The molecule has 1 rings (SSSR count). The Bertz CT molecular complexity index is 323. The molecule has 2 nitrogen and oxygen atoms in total. The first-order valence-electron chi connectivity index (χ1n) is 7.52. The summed E-state index contributed by atoms with van der Waals surface area (Å²) in [5, 5.41) is 0. The highest BCUT2D eigenvalue weighted by Gasteiger charge is 2.07. The zero-order chi connectivity index (χ0) is 13.4. The molecule has 0 atom stereocenters. The van der Waals surface area contributed by atoms with Crippen LogP contribution in [0.2, 0.25) is 0 Å². The third-order valence-corrected chi connectivity index (χ3v) is 3.47. The summed E-state index contributed by atoms with van der Waals surface area (Å²) in [5.74, 6) is 0. The van der Waals surface area contributed by atoms with E-state index < -0.39 is 0 Å². The van der Waals surface area contributed by atoms with Crippen molar-refractivity contribution in [2.45, 2.75) is 79.1 Å². The quantitative estimate of drug-likeness (QED) is 0.630. The summed E-state index contributed by atoms with van der Waals surface area (Å²) in [6.07, 6.45) is 9.75. The molecule has 1 aromatic heterocycles. The van der Waals surface area contributed by atoms with Crippen molar-refractivity contribution >= 4 is 0 Å². The van der Waals surface area contributed by atoms with Gasteiger partial charge in [0.05, 0.1) is 22.8 Å². The van der Waals surface area contributed by atoms with Crippen LogP contribution in [0.1, 0.15) is 75.1 Å². The molecule has 1 heterocycles. The number of hydrogen-bond donors (Lipinski definition) is 0. The molecule has 2 heteroatoms. The van der Waals surface area contributed by atoms with Gasteiger partial charge >= 0.3 is 0 Å². The number of aryl methyl sites for hydroxylation is 4. The maximum atomic E-state index is 4.76. The zero-order valence-electron chi connectivity index (χ0n) is 12.6. The lowest BCUT2D eigenvalue weighted by molar-refractivity contribution is 0.680. The van der Waals surface area contributed by atoms with Crippen LogP contribution in [0.15, 0.2) is 0 Å². The fraction of sp³-hybridized carbons (Fsp3) is 0.750. The van der Waals surface area contributed by atoms with Crippen LogP contribution in [0.3, 0.4) is 0 Å². The Kier molecular flexibility index (Phi) is 6.92. The molecule has 0 aliphatic heterocycles. The summed E-state index contributed by atoms with van der Waals surface area (Å²) in [7, 11) is 0. The van der Waals surface area contributed by atoms with E-state index in [2.05, 4.69) is 27.7 Å². The fourth-order valence-corrected chi connectivity index (χ4v) is 2.25. The van der Waals surface area contributed by atoms with Crippen LogP contribution in [0.5, 0.6) is 0 Å². The third-order valence-electron chi connectivity index (χ3n) is 3.47. The number of nitrogens with zero attached hydrogens (tertiary/aromatic N) is 2. The lowest BCUT2D eigenvalue weighted by Gasteiger charge is -2.10. The van der Waals surface area contributed by atoms with Crippen molar-refractivity contribution in [1.82, 2.24) is 9.97 Å². The van der Waals surface area contributed by atoms with Gasteiger partial charge in [0.2, 0.25) is 0 Å². The topological polar surface area (TPSA) is 25.8 Å². The van der Waals surface area contributed by atoms with Crippen LogP contribution in [0.4, 0.5) is 0 Å². The highest BCUT2D eigenvalue weighted by atomic mass is 14.8. The standard InChI is InChI=1S/C16H28N2/c1-5-7-9-11-15-13(3)18-16(14(4)17-15)12-10-8-6-2/h5-12H2,1-4H3. The molecule has 0 spiro atoms. The Morgan fingerprint density at radius 1 is 0.667 bits per heavy atom. The molecule has 0 radical (unpaired) electrons. The highest BCUT2D eigenvalue weighted by molar-refractivity contribution is 5.19. The molecular formula is C16H28N2. The van der Waals surface area contributed by atoms with Gasteiger partial charge in [0.25, 0.3) is 0 Å². The van der Waals surface area contributed by atoms with E-state index in [1.165, 1.54) is 49.9 Å². The average molecular weight is 248 g/mol. The number of hydrogen-bond acceptors (Lipinski definition) is 2. The predicted octanol–water partition coefficient (Wildman–Crippen LogP) is 4.56. The van der Waals surface area contributed by atoms with Crippen LogP contribution in [-0.4, -0.2) is 9.97 Å². The predicted molar refractivity (Wildman–Crippen MR) is 78.0 cm³/mol. The molecule has 0 saturated heterocycles. The Morgan fingerprint density at radius 3 is 1.39 bits per heavy atom. The van der Waals surface area contributed by atoms with Gasteiger partial charge in [0.15, 0.2) is 0 Å². The average Bonchev–Trinajstić information content (AvgIpc) is 2.35. The minimum atomic E-state index is 1.09. The van der Waals surface area contributed by atoms with Gasteiger partial charge in [-0.3, -0.25) is 9.97 Å². The normalized spacial score (nSPS) is 10.9. The van der Waals surface area contributed by atoms with E-state index in [-0.39, 0.29) is 0 Å². The van der Waals surface area contributed by atoms with Crippen LogP contribution in [-0.2, 0) is 12.8 Å². The summed E-state index contributed by atoms with van der Waals surface area (Å²) in [4.78, 5) is 9.52. The van der Waals surface area contributed by atoms with Crippen molar-refractivity contribution in [3.8, 4) is 0 Å². The monoisotopic (exact) mass is 248 g/mol. The molecule has 0 N–H and O–H groups in total. The lowest BCUT2D eigenvalue weighted by atomic mass is 10.1. The van der Waals surface area contributed by atoms with Gasteiger partial charge in [-0.1, -0.05) is 39.5 Å². The Balaban J connectivity index is 2.64. The maximum Gasteiger partial charge on any atom is 0.0619 e. The summed E-state index contributed by atoms with van der Waals surface area (Å²) in [5.41, 5.74) is 4.70. The van der Waals surface area contributed by atoms with Gasteiger partial charge in [0.1, 0.15) is 0 Å². The zero-order valence-corrected chi connectivity index (χ0v) is 12.6.